The van der Waals surface area contributed by atoms with Crippen LogP contribution in [0.15, 0.2) is 24.3 Å². The van der Waals surface area contributed by atoms with E-state index in [9.17, 15) is 9.90 Å². The van der Waals surface area contributed by atoms with Crippen molar-refractivity contribution in [3.05, 3.63) is 34.9 Å². The Balaban J connectivity index is 1.82. The molecule has 1 unspecified atom stereocenters. The lowest BCUT2D eigenvalue weighted by Gasteiger charge is -2.32. The Labute approximate surface area is 130 Å². The SMILES string of the molecule is CCOC(=O)C1CCN(CC(O)c2cccc(Cl)c2)CC1. The van der Waals surface area contributed by atoms with Crippen molar-refractivity contribution >= 4 is 17.6 Å². The number of halogens is 1. The molecule has 1 N–H and O–H groups in total. The molecule has 0 saturated carbocycles. The number of carbonyl (C=O) groups excluding carboxylic acids is 1. The molecule has 0 bridgehead atoms. The van der Waals surface area contributed by atoms with Crippen LogP contribution in [0.1, 0.15) is 31.4 Å². The molecule has 21 heavy (non-hydrogen) atoms. The molecule has 0 amide bonds. The van der Waals surface area contributed by atoms with Gasteiger partial charge in [-0.15, -0.1) is 0 Å². The zero-order chi connectivity index (χ0) is 15.2. The molecular weight excluding hydrogens is 290 g/mol. The van der Waals surface area contributed by atoms with Gasteiger partial charge in [-0.2, -0.15) is 0 Å². The number of aliphatic hydroxyl groups excluding tert-OH is 1. The minimum Gasteiger partial charge on any atom is -0.466 e. The number of benzene rings is 1. The van der Waals surface area contributed by atoms with Gasteiger partial charge in [-0.3, -0.25) is 4.79 Å². The van der Waals surface area contributed by atoms with Crippen LogP contribution in [0.4, 0.5) is 0 Å². The summed E-state index contributed by atoms with van der Waals surface area (Å²) in [5.41, 5.74) is 0.829. The largest absolute Gasteiger partial charge is 0.466 e. The van der Waals surface area contributed by atoms with E-state index in [-0.39, 0.29) is 11.9 Å². The maximum Gasteiger partial charge on any atom is 0.309 e. The normalized spacial score (nSPS) is 18.4. The maximum absolute atomic E-state index is 11.7. The molecule has 1 atom stereocenters. The first-order valence-corrected chi connectivity index (χ1v) is 7.80. The summed E-state index contributed by atoms with van der Waals surface area (Å²) in [6, 6.07) is 7.30. The molecule has 2 rings (SSSR count). The molecule has 0 aliphatic carbocycles. The third-order valence-electron chi connectivity index (χ3n) is 3.87. The first-order chi connectivity index (χ1) is 10.1. The molecule has 1 aromatic carbocycles. The second-order valence-corrected chi connectivity index (χ2v) is 5.83. The number of rotatable bonds is 5. The lowest BCUT2D eigenvalue weighted by molar-refractivity contribution is -0.149. The molecule has 1 aromatic rings. The molecular formula is C16H22ClNO3. The number of carbonyl (C=O) groups is 1. The van der Waals surface area contributed by atoms with E-state index < -0.39 is 6.10 Å². The maximum atomic E-state index is 11.7. The Morgan fingerprint density at radius 1 is 1.48 bits per heavy atom. The third-order valence-corrected chi connectivity index (χ3v) is 4.11. The standard InChI is InChI=1S/C16H22ClNO3/c1-2-21-16(20)12-6-8-18(9-7-12)11-15(19)13-4-3-5-14(17)10-13/h3-5,10,12,15,19H,2,6-9,11H2,1H3. The number of esters is 1. The lowest BCUT2D eigenvalue weighted by atomic mass is 9.96. The Morgan fingerprint density at radius 3 is 2.81 bits per heavy atom. The van der Waals surface area contributed by atoms with Gasteiger partial charge in [0.05, 0.1) is 18.6 Å². The quantitative estimate of drug-likeness (QED) is 0.849. The van der Waals surface area contributed by atoms with Gasteiger partial charge in [-0.05, 0) is 50.6 Å². The van der Waals surface area contributed by atoms with Crippen LogP contribution in [-0.2, 0) is 9.53 Å². The van der Waals surface area contributed by atoms with E-state index in [0.717, 1.165) is 31.5 Å². The fourth-order valence-corrected chi connectivity index (χ4v) is 2.87. The molecule has 1 heterocycles. The summed E-state index contributed by atoms with van der Waals surface area (Å²) in [7, 11) is 0. The molecule has 1 aliphatic rings. The number of piperidine rings is 1. The van der Waals surface area contributed by atoms with Crippen LogP contribution in [-0.4, -0.2) is 42.2 Å². The van der Waals surface area contributed by atoms with Crippen LogP contribution in [0.3, 0.4) is 0 Å². The lowest BCUT2D eigenvalue weighted by Crippen LogP contribution is -2.39. The number of β-amino-alcohol motifs (C(OH)–C–C–N with tert-alkyl or cyclic N) is 1. The van der Waals surface area contributed by atoms with Crippen molar-refractivity contribution in [3.8, 4) is 0 Å². The summed E-state index contributed by atoms with van der Waals surface area (Å²) >= 11 is 5.94. The molecule has 0 aromatic heterocycles. The minimum atomic E-state index is -0.553. The number of aliphatic hydroxyl groups is 1. The van der Waals surface area contributed by atoms with Crippen molar-refractivity contribution in [3.63, 3.8) is 0 Å². The fraction of sp³-hybridized carbons (Fsp3) is 0.562. The highest BCUT2D eigenvalue weighted by molar-refractivity contribution is 6.30. The van der Waals surface area contributed by atoms with Crippen LogP contribution in [0.25, 0.3) is 0 Å². The number of likely N-dealkylation sites (tertiary alicyclic amines) is 1. The van der Waals surface area contributed by atoms with Crippen LogP contribution >= 0.6 is 11.6 Å². The van der Waals surface area contributed by atoms with Crippen LogP contribution in [0, 0.1) is 5.92 Å². The minimum absolute atomic E-state index is 0.00418. The van der Waals surface area contributed by atoms with E-state index >= 15 is 0 Å². The Bertz CT molecular complexity index is 472. The molecule has 0 radical (unpaired) electrons. The molecule has 1 saturated heterocycles. The van der Waals surface area contributed by atoms with E-state index in [1.54, 1.807) is 12.1 Å². The predicted molar refractivity (Wildman–Crippen MR) is 82.2 cm³/mol. The average Bonchev–Trinajstić information content (AvgIpc) is 2.48. The number of hydrogen-bond acceptors (Lipinski definition) is 4. The average molecular weight is 312 g/mol. The Morgan fingerprint density at radius 2 is 2.19 bits per heavy atom. The van der Waals surface area contributed by atoms with Crippen molar-refractivity contribution in [1.29, 1.82) is 0 Å². The zero-order valence-electron chi connectivity index (χ0n) is 12.3. The second kappa shape index (κ2) is 7.78. The number of ether oxygens (including phenoxy) is 1. The van der Waals surface area contributed by atoms with Gasteiger partial charge in [0.1, 0.15) is 0 Å². The highest BCUT2D eigenvalue weighted by Crippen LogP contribution is 2.23. The molecule has 0 spiro atoms. The van der Waals surface area contributed by atoms with Gasteiger partial charge in [0.15, 0.2) is 0 Å². The van der Waals surface area contributed by atoms with Gasteiger partial charge in [0.25, 0.3) is 0 Å². The summed E-state index contributed by atoms with van der Waals surface area (Å²) in [5, 5.41) is 10.9. The molecule has 116 valence electrons. The zero-order valence-corrected chi connectivity index (χ0v) is 13.1. The van der Waals surface area contributed by atoms with Crippen LogP contribution < -0.4 is 0 Å². The van der Waals surface area contributed by atoms with E-state index in [1.807, 2.05) is 19.1 Å². The summed E-state index contributed by atoms with van der Waals surface area (Å²) in [6.45, 7) is 4.44. The van der Waals surface area contributed by atoms with Crippen LogP contribution in [0.5, 0.6) is 0 Å². The van der Waals surface area contributed by atoms with Gasteiger partial charge < -0.3 is 14.7 Å². The van der Waals surface area contributed by atoms with E-state index in [1.165, 1.54) is 0 Å². The highest BCUT2D eigenvalue weighted by atomic mass is 35.5. The fourth-order valence-electron chi connectivity index (χ4n) is 2.68. The van der Waals surface area contributed by atoms with Gasteiger partial charge in [0.2, 0.25) is 0 Å². The van der Waals surface area contributed by atoms with Crippen molar-refractivity contribution in [2.45, 2.75) is 25.9 Å². The molecule has 4 nitrogen and oxygen atoms in total. The van der Waals surface area contributed by atoms with E-state index in [0.29, 0.717) is 18.2 Å². The molecule has 5 heteroatoms. The van der Waals surface area contributed by atoms with Gasteiger partial charge >= 0.3 is 5.97 Å². The first kappa shape index (κ1) is 16.3. The smallest absolute Gasteiger partial charge is 0.309 e. The van der Waals surface area contributed by atoms with Gasteiger partial charge in [-0.1, -0.05) is 23.7 Å². The van der Waals surface area contributed by atoms with Crippen molar-refractivity contribution in [1.82, 2.24) is 4.90 Å². The number of hydrogen-bond donors (Lipinski definition) is 1. The van der Waals surface area contributed by atoms with Crippen molar-refractivity contribution < 1.29 is 14.6 Å². The predicted octanol–water partition coefficient (Wildman–Crippen LogP) is 2.65. The van der Waals surface area contributed by atoms with Crippen LogP contribution in [0.2, 0.25) is 5.02 Å². The summed E-state index contributed by atoms with van der Waals surface area (Å²) in [6.07, 6.45) is 1.03. The molecule has 1 aliphatic heterocycles. The highest BCUT2D eigenvalue weighted by Gasteiger charge is 2.27. The number of nitrogens with zero attached hydrogens (tertiary/aromatic N) is 1. The third kappa shape index (κ3) is 4.70. The summed E-state index contributed by atoms with van der Waals surface area (Å²) in [5.74, 6) is -0.0861. The Kier molecular flexibility index (Phi) is 6.03. The summed E-state index contributed by atoms with van der Waals surface area (Å²) < 4.78 is 5.06. The van der Waals surface area contributed by atoms with Crippen molar-refractivity contribution in [2.24, 2.45) is 5.92 Å². The van der Waals surface area contributed by atoms with Gasteiger partial charge in [-0.25, -0.2) is 0 Å². The van der Waals surface area contributed by atoms with Gasteiger partial charge in [0, 0.05) is 11.6 Å². The van der Waals surface area contributed by atoms with E-state index in [2.05, 4.69) is 4.90 Å². The second-order valence-electron chi connectivity index (χ2n) is 5.40. The summed E-state index contributed by atoms with van der Waals surface area (Å²) in [4.78, 5) is 13.9. The monoisotopic (exact) mass is 311 g/mol. The molecule has 1 fully saturated rings. The van der Waals surface area contributed by atoms with E-state index in [4.69, 9.17) is 16.3 Å². The first-order valence-electron chi connectivity index (χ1n) is 7.42. The topological polar surface area (TPSA) is 49.8 Å². The Hall–Kier alpha value is -1.10. The van der Waals surface area contributed by atoms with Crippen molar-refractivity contribution in [2.75, 3.05) is 26.2 Å².